The Bertz CT molecular complexity index is 373. The lowest BCUT2D eigenvalue weighted by Crippen LogP contribution is -2.44. The Kier molecular flexibility index (Phi) is 5.39. The molecule has 0 saturated carbocycles. The minimum atomic E-state index is -0.106. The van der Waals surface area contributed by atoms with Gasteiger partial charge in [-0.3, -0.25) is 4.79 Å². The van der Waals surface area contributed by atoms with Crippen molar-refractivity contribution in [3.63, 3.8) is 0 Å². The summed E-state index contributed by atoms with van der Waals surface area (Å²) in [5.74, 6) is 1.38. The summed E-state index contributed by atoms with van der Waals surface area (Å²) in [4.78, 5) is 13.6. The number of hydrogen-bond acceptors (Lipinski definition) is 1. The van der Waals surface area contributed by atoms with E-state index < -0.39 is 0 Å². The predicted octanol–water partition coefficient (Wildman–Crippen LogP) is 4.18. The Labute approximate surface area is 118 Å². The van der Waals surface area contributed by atoms with Crippen molar-refractivity contribution in [3.05, 3.63) is 23.8 Å². The second kappa shape index (κ2) is 6.40. The first kappa shape index (κ1) is 16.0. The number of carbonyl (C=O) groups is 1. The van der Waals surface area contributed by atoms with Gasteiger partial charge in [0.25, 0.3) is 0 Å². The summed E-state index contributed by atoms with van der Waals surface area (Å²) in [5.41, 5.74) is 1.40. The highest BCUT2D eigenvalue weighted by atomic mass is 16.2. The first-order valence-corrected chi connectivity index (χ1v) is 7.34. The molecule has 0 radical (unpaired) electrons. The van der Waals surface area contributed by atoms with Gasteiger partial charge in [-0.05, 0) is 52.4 Å². The normalized spacial score (nSPS) is 24.4. The van der Waals surface area contributed by atoms with Crippen LogP contribution in [0.25, 0.3) is 0 Å². The van der Waals surface area contributed by atoms with Crippen LogP contribution in [0.1, 0.15) is 54.4 Å². The lowest BCUT2D eigenvalue weighted by Gasteiger charge is -2.34. The third kappa shape index (κ3) is 4.85. The highest BCUT2D eigenvalue weighted by Gasteiger charge is 2.22. The highest BCUT2D eigenvalue weighted by Crippen LogP contribution is 2.29. The molecule has 0 fully saturated rings. The van der Waals surface area contributed by atoms with Crippen LogP contribution in [-0.2, 0) is 4.79 Å². The van der Waals surface area contributed by atoms with Gasteiger partial charge in [0, 0.05) is 19.0 Å². The fourth-order valence-corrected chi connectivity index (χ4v) is 2.80. The number of carbonyl (C=O) groups excluding carboxylic acids is 1. The average Bonchev–Trinajstić information content (AvgIpc) is 2.24. The third-order valence-electron chi connectivity index (χ3n) is 3.96. The van der Waals surface area contributed by atoms with Crippen molar-refractivity contribution in [1.82, 2.24) is 4.90 Å². The molecule has 1 amide bonds. The molecule has 0 aromatic rings. The maximum absolute atomic E-state index is 11.7. The van der Waals surface area contributed by atoms with E-state index in [2.05, 4.69) is 52.8 Å². The van der Waals surface area contributed by atoms with E-state index in [1.165, 1.54) is 18.4 Å². The molecular weight excluding hydrogens is 234 g/mol. The molecule has 1 aliphatic carbocycles. The monoisotopic (exact) mass is 263 g/mol. The maximum atomic E-state index is 11.7. The molecule has 108 valence electrons. The topological polar surface area (TPSA) is 20.3 Å². The zero-order valence-electron chi connectivity index (χ0n) is 13.4. The van der Waals surface area contributed by atoms with E-state index in [9.17, 15) is 4.79 Å². The Morgan fingerprint density at radius 3 is 2.58 bits per heavy atom. The first-order chi connectivity index (χ1) is 8.71. The second-order valence-electron chi connectivity index (χ2n) is 6.80. The van der Waals surface area contributed by atoms with Gasteiger partial charge in [-0.15, -0.1) is 0 Å². The number of allylic oxidation sites excluding steroid dienone is 3. The van der Waals surface area contributed by atoms with Crippen LogP contribution >= 0.6 is 0 Å². The van der Waals surface area contributed by atoms with Gasteiger partial charge in [0.05, 0.1) is 0 Å². The van der Waals surface area contributed by atoms with Gasteiger partial charge in [0.1, 0.15) is 0 Å². The fraction of sp³-hybridized carbons (Fsp3) is 0.706. The van der Waals surface area contributed by atoms with Crippen LogP contribution in [0.4, 0.5) is 0 Å². The minimum Gasteiger partial charge on any atom is -0.334 e. The summed E-state index contributed by atoms with van der Waals surface area (Å²) in [5, 5.41) is 0. The van der Waals surface area contributed by atoms with Gasteiger partial charge in [0.15, 0.2) is 0 Å². The molecule has 0 bridgehead atoms. The lowest BCUT2D eigenvalue weighted by molar-refractivity contribution is -0.132. The Morgan fingerprint density at radius 2 is 2.11 bits per heavy atom. The summed E-state index contributed by atoms with van der Waals surface area (Å²) >= 11 is 0. The molecule has 1 rings (SSSR count). The van der Waals surface area contributed by atoms with E-state index in [4.69, 9.17) is 0 Å². The van der Waals surface area contributed by atoms with Crippen LogP contribution < -0.4 is 0 Å². The van der Waals surface area contributed by atoms with Crippen molar-refractivity contribution in [2.75, 3.05) is 6.54 Å². The van der Waals surface area contributed by atoms with Crippen molar-refractivity contribution >= 4 is 5.91 Å². The van der Waals surface area contributed by atoms with Gasteiger partial charge in [-0.2, -0.15) is 0 Å². The number of amides is 1. The van der Waals surface area contributed by atoms with Gasteiger partial charge < -0.3 is 4.90 Å². The van der Waals surface area contributed by atoms with Crippen molar-refractivity contribution in [1.29, 1.82) is 0 Å². The Hall–Kier alpha value is -1.05. The van der Waals surface area contributed by atoms with Gasteiger partial charge >= 0.3 is 0 Å². The van der Waals surface area contributed by atoms with E-state index >= 15 is 0 Å². The average molecular weight is 263 g/mol. The minimum absolute atomic E-state index is 0.106. The van der Waals surface area contributed by atoms with Crippen molar-refractivity contribution in [3.8, 4) is 0 Å². The van der Waals surface area contributed by atoms with E-state index in [-0.39, 0.29) is 11.4 Å². The molecule has 2 unspecified atom stereocenters. The number of rotatable bonds is 3. The Balaban J connectivity index is 2.60. The molecule has 0 aliphatic heterocycles. The highest BCUT2D eigenvalue weighted by molar-refractivity contribution is 5.74. The van der Waals surface area contributed by atoms with E-state index in [1.807, 2.05) is 4.90 Å². The standard InChI is InChI=1S/C17H29NO/c1-13-9-10-16(14(2)12-13)8-7-11-18(15(3)19)17(4,5)6/h7-8,12,14,16H,9-11H2,1-6H3. The van der Waals surface area contributed by atoms with Crippen LogP contribution in [0.5, 0.6) is 0 Å². The molecule has 0 saturated heterocycles. The van der Waals surface area contributed by atoms with Crippen LogP contribution in [-0.4, -0.2) is 22.9 Å². The quantitative estimate of drug-likeness (QED) is 0.699. The second-order valence-corrected chi connectivity index (χ2v) is 6.80. The molecule has 2 atom stereocenters. The van der Waals surface area contributed by atoms with Gasteiger partial charge in [-0.25, -0.2) is 0 Å². The summed E-state index contributed by atoms with van der Waals surface area (Å²) in [6, 6.07) is 0. The van der Waals surface area contributed by atoms with Crippen molar-refractivity contribution < 1.29 is 4.79 Å². The molecule has 19 heavy (non-hydrogen) atoms. The molecule has 0 spiro atoms. The van der Waals surface area contributed by atoms with Crippen LogP contribution in [0.2, 0.25) is 0 Å². The molecule has 0 N–H and O–H groups in total. The molecule has 1 aliphatic rings. The molecule has 0 aromatic heterocycles. The Morgan fingerprint density at radius 1 is 1.47 bits per heavy atom. The number of hydrogen-bond donors (Lipinski definition) is 0. The molecular formula is C17H29NO. The van der Waals surface area contributed by atoms with Crippen LogP contribution in [0.15, 0.2) is 23.8 Å². The van der Waals surface area contributed by atoms with Gasteiger partial charge in [0.2, 0.25) is 5.91 Å². The molecule has 2 nitrogen and oxygen atoms in total. The first-order valence-electron chi connectivity index (χ1n) is 7.34. The summed E-state index contributed by atoms with van der Waals surface area (Å²) in [7, 11) is 0. The van der Waals surface area contributed by atoms with Gasteiger partial charge in [-0.1, -0.05) is 30.7 Å². The number of nitrogens with zero attached hydrogens (tertiary/aromatic N) is 1. The largest absolute Gasteiger partial charge is 0.334 e. The zero-order valence-corrected chi connectivity index (χ0v) is 13.4. The summed E-state index contributed by atoms with van der Waals surface area (Å²) < 4.78 is 0. The lowest BCUT2D eigenvalue weighted by atomic mass is 9.82. The summed E-state index contributed by atoms with van der Waals surface area (Å²) in [6.45, 7) is 13.1. The fourth-order valence-electron chi connectivity index (χ4n) is 2.80. The maximum Gasteiger partial charge on any atom is 0.220 e. The molecule has 2 heteroatoms. The van der Waals surface area contributed by atoms with E-state index in [1.54, 1.807) is 6.92 Å². The van der Waals surface area contributed by atoms with Crippen LogP contribution in [0, 0.1) is 11.8 Å². The van der Waals surface area contributed by atoms with Crippen molar-refractivity contribution in [2.24, 2.45) is 11.8 Å². The SMILES string of the molecule is CC(=O)N(CC=CC1CCC(C)=CC1C)C(C)(C)C. The van der Waals surface area contributed by atoms with E-state index in [0.717, 1.165) is 0 Å². The van der Waals surface area contributed by atoms with Crippen molar-refractivity contribution in [2.45, 2.75) is 59.9 Å². The smallest absolute Gasteiger partial charge is 0.220 e. The molecule has 0 aromatic carbocycles. The summed E-state index contributed by atoms with van der Waals surface area (Å²) in [6.07, 6.45) is 9.28. The van der Waals surface area contributed by atoms with E-state index in [0.29, 0.717) is 18.4 Å². The predicted molar refractivity (Wildman–Crippen MR) is 81.9 cm³/mol. The third-order valence-corrected chi connectivity index (χ3v) is 3.96. The zero-order chi connectivity index (χ0) is 14.6. The van der Waals surface area contributed by atoms with Crippen LogP contribution in [0.3, 0.4) is 0 Å². The molecule has 0 heterocycles.